The average molecular weight is 283 g/mol. The first kappa shape index (κ1) is 13.7. The van der Waals surface area contributed by atoms with Crippen molar-refractivity contribution >= 4 is 23.4 Å². The lowest BCUT2D eigenvalue weighted by Crippen LogP contribution is -2.44. The number of likely N-dealkylation sites (tertiary alicyclic amines) is 1. The maximum Gasteiger partial charge on any atom is 0.253 e. The molecule has 1 aromatic rings. The van der Waals surface area contributed by atoms with Gasteiger partial charge in [-0.25, -0.2) is 0 Å². The molecule has 1 unspecified atom stereocenters. The Balaban J connectivity index is 2.14. The molecule has 19 heavy (non-hydrogen) atoms. The van der Waals surface area contributed by atoms with Gasteiger partial charge in [0.25, 0.3) is 5.91 Å². The van der Waals surface area contributed by atoms with E-state index in [1.54, 1.807) is 4.90 Å². The Labute approximate surface area is 116 Å². The van der Waals surface area contributed by atoms with Gasteiger partial charge in [-0.05, 0) is 31.0 Å². The van der Waals surface area contributed by atoms with Crippen molar-refractivity contribution in [2.45, 2.75) is 12.8 Å². The molecule has 1 fully saturated rings. The highest BCUT2D eigenvalue weighted by Gasteiger charge is 2.27. The lowest BCUT2D eigenvalue weighted by atomic mass is 9.97. The van der Waals surface area contributed by atoms with Crippen molar-refractivity contribution in [3.63, 3.8) is 0 Å². The summed E-state index contributed by atoms with van der Waals surface area (Å²) >= 11 is 5.78. The Morgan fingerprint density at radius 2 is 2.16 bits per heavy atom. The molecule has 0 aliphatic carbocycles. The molecule has 2 amide bonds. The zero-order chi connectivity index (χ0) is 14.0. The minimum Gasteiger partial charge on any atom is -0.506 e. The summed E-state index contributed by atoms with van der Waals surface area (Å²) in [7, 11) is 0. The summed E-state index contributed by atoms with van der Waals surface area (Å²) in [5.74, 6) is -0.925. The Hall–Kier alpha value is -1.75. The van der Waals surface area contributed by atoms with Gasteiger partial charge in [-0.3, -0.25) is 9.59 Å². The molecule has 1 atom stereocenters. The van der Waals surface area contributed by atoms with E-state index in [1.165, 1.54) is 18.2 Å². The van der Waals surface area contributed by atoms with Crippen LogP contribution in [0.3, 0.4) is 0 Å². The molecule has 0 aromatic heterocycles. The molecule has 1 heterocycles. The Bertz CT molecular complexity index is 519. The van der Waals surface area contributed by atoms with E-state index in [1.807, 2.05) is 0 Å². The van der Waals surface area contributed by atoms with Gasteiger partial charge >= 0.3 is 0 Å². The van der Waals surface area contributed by atoms with Gasteiger partial charge in [-0.1, -0.05) is 11.6 Å². The van der Waals surface area contributed by atoms with Gasteiger partial charge in [0.1, 0.15) is 5.75 Å². The van der Waals surface area contributed by atoms with Crippen LogP contribution in [0.15, 0.2) is 18.2 Å². The number of halogens is 1. The molecule has 102 valence electrons. The fourth-order valence-electron chi connectivity index (χ4n) is 2.22. The summed E-state index contributed by atoms with van der Waals surface area (Å²) in [5.41, 5.74) is 5.68. The summed E-state index contributed by atoms with van der Waals surface area (Å²) in [6, 6.07) is 4.32. The molecule has 6 heteroatoms. The largest absolute Gasteiger partial charge is 0.506 e. The highest BCUT2D eigenvalue weighted by Crippen LogP contribution is 2.25. The standard InChI is InChI=1S/C13H15ClN2O3/c14-10-6-8(3-4-11(10)17)13(19)16-5-1-2-9(7-16)12(15)18/h3-4,6,9,17H,1-2,5,7H2,(H2,15,18). The average Bonchev–Trinajstić information content (AvgIpc) is 2.41. The van der Waals surface area contributed by atoms with Crippen LogP contribution in [0.25, 0.3) is 0 Å². The third kappa shape index (κ3) is 2.98. The van der Waals surface area contributed by atoms with Gasteiger partial charge in [0.05, 0.1) is 10.9 Å². The van der Waals surface area contributed by atoms with E-state index >= 15 is 0 Å². The number of hydrogen-bond acceptors (Lipinski definition) is 3. The lowest BCUT2D eigenvalue weighted by Gasteiger charge is -2.31. The predicted molar refractivity (Wildman–Crippen MR) is 70.9 cm³/mol. The molecule has 1 aromatic carbocycles. The number of benzene rings is 1. The van der Waals surface area contributed by atoms with E-state index in [2.05, 4.69) is 0 Å². The van der Waals surface area contributed by atoms with Crippen LogP contribution in [0.1, 0.15) is 23.2 Å². The van der Waals surface area contributed by atoms with E-state index < -0.39 is 0 Å². The van der Waals surface area contributed by atoms with Crippen LogP contribution in [-0.4, -0.2) is 34.9 Å². The van der Waals surface area contributed by atoms with Gasteiger partial charge in [-0.2, -0.15) is 0 Å². The van der Waals surface area contributed by atoms with Crippen LogP contribution in [0, 0.1) is 5.92 Å². The summed E-state index contributed by atoms with van der Waals surface area (Å²) in [5, 5.41) is 9.47. The quantitative estimate of drug-likeness (QED) is 0.859. The smallest absolute Gasteiger partial charge is 0.253 e. The second-order valence-electron chi connectivity index (χ2n) is 4.66. The molecule has 2 rings (SSSR count). The summed E-state index contributed by atoms with van der Waals surface area (Å²) in [6.45, 7) is 0.938. The summed E-state index contributed by atoms with van der Waals surface area (Å²) in [4.78, 5) is 25.1. The number of phenols is 1. The fourth-order valence-corrected chi connectivity index (χ4v) is 2.40. The Morgan fingerprint density at radius 3 is 2.79 bits per heavy atom. The SMILES string of the molecule is NC(=O)C1CCCN(C(=O)c2ccc(O)c(Cl)c2)C1. The Morgan fingerprint density at radius 1 is 1.42 bits per heavy atom. The topological polar surface area (TPSA) is 83.6 Å². The maximum absolute atomic E-state index is 12.3. The Kier molecular flexibility index (Phi) is 3.95. The number of amides is 2. The minimum atomic E-state index is -0.374. The zero-order valence-corrected chi connectivity index (χ0v) is 11.1. The molecule has 0 spiro atoms. The second kappa shape index (κ2) is 5.48. The second-order valence-corrected chi connectivity index (χ2v) is 5.07. The van der Waals surface area contributed by atoms with Crippen molar-refractivity contribution in [1.82, 2.24) is 4.90 Å². The first-order chi connectivity index (χ1) is 8.99. The van der Waals surface area contributed by atoms with Crippen LogP contribution in [0.2, 0.25) is 5.02 Å². The molecular formula is C13H15ClN2O3. The van der Waals surface area contributed by atoms with Gasteiger partial charge in [0, 0.05) is 18.7 Å². The van der Waals surface area contributed by atoms with Gasteiger partial charge in [0.2, 0.25) is 5.91 Å². The molecule has 5 nitrogen and oxygen atoms in total. The molecule has 1 aliphatic rings. The first-order valence-electron chi connectivity index (χ1n) is 6.06. The van der Waals surface area contributed by atoms with E-state index in [9.17, 15) is 14.7 Å². The number of aromatic hydroxyl groups is 1. The van der Waals surface area contributed by atoms with Crippen molar-refractivity contribution in [3.8, 4) is 5.75 Å². The monoisotopic (exact) mass is 282 g/mol. The third-order valence-corrected chi connectivity index (χ3v) is 3.61. The molecule has 3 N–H and O–H groups in total. The highest BCUT2D eigenvalue weighted by atomic mass is 35.5. The van der Waals surface area contributed by atoms with Crippen LogP contribution in [0.4, 0.5) is 0 Å². The molecule has 0 radical (unpaired) electrons. The molecule has 0 bridgehead atoms. The van der Waals surface area contributed by atoms with Crippen molar-refractivity contribution in [1.29, 1.82) is 0 Å². The molecule has 1 aliphatic heterocycles. The van der Waals surface area contributed by atoms with Crippen LogP contribution >= 0.6 is 11.6 Å². The van der Waals surface area contributed by atoms with Crippen molar-refractivity contribution in [2.24, 2.45) is 11.7 Å². The minimum absolute atomic E-state index is 0.0631. The predicted octanol–water partition coefficient (Wildman–Crippen LogP) is 1.38. The van der Waals surface area contributed by atoms with Gasteiger partial charge < -0.3 is 15.7 Å². The number of phenolic OH excluding ortho intramolecular Hbond substituents is 1. The van der Waals surface area contributed by atoms with Crippen molar-refractivity contribution in [3.05, 3.63) is 28.8 Å². The molecule has 1 saturated heterocycles. The zero-order valence-electron chi connectivity index (χ0n) is 10.3. The number of piperidine rings is 1. The van der Waals surface area contributed by atoms with Crippen LogP contribution < -0.4 is 5.73 Å². The number of hydrogen-bond donors (Lipinski definition) is 2. The van der Waals surface area contributed by atoms with Crippen molar-refractivity contribution < 1.29 is 14.7 Å². The maximum atomic E-state index is 12.3. The van der Waals surface area contributed by atoms with E-state index in [0.717, 1.165) is 12.8 Å². The van der Waals surface area contributed by atoms with E-state index in [4.69, 9.17) is 17.3 Å². The summed E-state index contributed by atoms with van der Waals surface area (Å²) in [6.07, 6.45) is 1.47. The normalized spacial score (nSPS) is 19.2. The van der Waals surface area contributed by atoms with E-state index in [-0.39, 0.29) is 28.5 Å². The highest BCUT2D eigenvalue weighted by molar-refractivity contribution is 6.32. The lowest BCUT2D eigenvalue weighted by molar-refractivity contribution is -0.123. The fraction of sp³-hybridized carbons (Fsp3) is 0.385. The third-order valence-electron chi connectivity index (χ3n) is 3.31. The summed E-state index contributed by atoms with van der Waals surface area (Å²) < 4.78 is 0. The van der Waals surface area contributed by atoms with Gasteiger partial charge in [-0.15, -0.1) is 0 Å². The number of carbonyl (C=O) groups excluding carboxylic acids is 2. The van der Waals surface area contributed by atoms with Crippen LogP contribution in [0.5, 0.6) is 5.75 Å². The van der Waals surface area contributed by atoms with E-state index in [0.29, 0.717) is 18.7 Å². The number of nitrogens with two attached hydrogens (primary N) is 1. The number of carbonyl (C=O) groups is 2. The van der Waals surface area contributed by atoms with Gasteiger partial charge in [0.15, 0.2) is 0 Å². The number of primary amides is 1. The molecular weight excluding hydrogens is 268 g/mol. The number of nitrogens with zero attached hydrogens (tertiary/aromatic N) is 1. The van der Waals surface area contributed by atoms with Crippen molar-refractivity contribution in [2.75, 3.05) is 13.1 Å². The first-order valence-corrected chi connectivity index (χ1v) is 6.44. The molecule has 0 saturated carbocycles. The van der Waals surface area contributed by atoms with Crippen LogP contribution in [-0.2, 0) is 4.79 Å². The number of rotatable bonds is 2.